The van der Waals surface area contributed by atoms with Crippen LogP contribution in [0.3, 0.4) is 0 Å². The van der Waals surface area contributed by atoms with E-state index in [2.05, 4.69) is 17.6 Å². The molecule has 1 aliphatic heterocycles. The molecule has 2 unspecified atom stereocenters. The highest BCUT2D eigenvalue weighted by Gasteiger charge is 2.31. The quantitative estimate of drug-likeness (QED) is 0.560. The van der Waals surface area contributed by atoms with Crippen LogP contribution < -0.4 is 5.48 Å². The molecule has 1 saturated heterocycles. The molecule has 5 nitrogen and oxygen atoms in total. The van der Waals surface area contributed by atoms with Crippen LogP contribution in [0.1, 0.15) is 31.7 Å². The maximum atomic E-state index is 11.6. The molecule has 1 aromatic rings. The Labute approximate surface area is 131 Å². The van der Waals surface area contributed by atoms with E-state index in [0.717, 1.165) is 32.5 Å². The van der Waals surface area contributed by atoms with Crippen molar-refractivity contribution in [2.75, 3.05) is 19.8 Å². The lowest BCUT2D eigenvalue weighted by Gasteiger charge is -2.08. The van der Waals surface area contributed by atoms with Crippen LogP contribution in [0.25, 0.3) is 0 Å². The van der Waals surface area contributed by atoms with Crippen LogP contribution in [0.5, 0.6) is 0 Å². The van der Waals surface area contributed by atoms with E-state index in [0.29, 0.717) is 13.0 Å². The van der Waals surface area contributed by atoms with Gasteiger partial charge in [0.25, 0.3) is 0 Å². The van der Waals surface area contributed by atoms with Crippen LogP contribution in [0, 0.1) is 0 Å². The third-order valence-electron chi connectivity index (χ3n) is 3.64. The Balaban J connectivity index is 1.50. The van der Waals surface area contributed by atoms with Crippen LogP contribution in [0.2, 0.25) is 0 Å². The average molecular weight is 307 g/mol. The summed E-state index contributed by atoms with van der Waals surface area (Å²) in [5.74, 6) is -0.232. The molecule has 0 amide bonds. The van der Waals surface area contributed by atoms with Crippen LogP contribution in [0.4, 0.5) is 0 Å². The fraction of sp³-hybridized carbons (Fsp3) is 0.588. The fourth-order valence-corrected chi connectivity index (χ4v) is 2.45. The third kappa shape index (κ3) is 5.75. The summed E-state index contributed by atoms with van der Waals surface area (Å²) >= 11 is 0. The number of rotatable bonds is 9. The first kappa shape index (κ1) is 16.9. The summed E-state index contributed by atoms with van der Waals surface area (Å²) < 4.78 is 10.6. The van der Waals surface area contributed by atoms with Gasteiger partial charge >= 0.3 is 5.97 Å². The molecule has 1 aromatic carbocycles. The molecule has 0 aliphatic carbocycles. The standard InChI is InChI=1S/C17H25NO4/c1-2-21-17(19)16-13-15(22-18-16)9-6-11-20-12-10-14-7-4-3-5-8-14/h3-5,7-8,15-16,18H,2,6,9-13H2,1H3. The Morgan fingerprint density at radius 2 is 2.14 bits per heavy atom. The van der Waals surface area contributed by atoms with Gasteiger partial charge in [0, 0.05) is 13.0 Å². The summed E-state index contributed by atoms with van der Waals surface area (Å²) in [4.78, 5) is 17.0. The molecular formula is C17H25NO4. The molecule has 22 heavy (non-hydrogen) atoms. The van der Waals surface area contributed by atoms with Gasteiger partial charge in [0.1, 0.15) is 6.04 Å². The highest BCUT2D eigenvalue weighted by atomic mass is 16.7. The lowest BCUT2D eigenvalue weighted by Crippen LogP contribution is -2.31. The van der Waals surface area contributed by atoms with Crippen molar-refractivity contribution in [2.45, 2.75) is 44.8 Å². The van der Waals surface area contributed by atoms with Gasteiger partial charge in [0.2, 0.25) is 0 Å². The molecule has 0 saturated carbocycles. The lowest BCUT2D eigenvalue weighted by molar-refractivity contribution is -0.146. The number of benzene rings is 1. The summed E-state index contributed by atoms with van der Waals surface area (Å²) in [5, 5.41) is 0. The van der Waals surface area contributed by atoms with E-state index < -0.39 is 0 Å². The van der Waals surface area contributed by atoms with Crippen LogP contribution in [-0.4, -0.2) is 37.9 Å². The van der Waals surface area contributed by atoms with E-state index in [1.54, 1.807) is 6.92 Å². The Kier molecular flexibility index (Phi) is 7.36. The summed E-state index contributed by atoms with van der Waals surface area (Å²) in [5.41, 5.74) is 4.04. The van der Waals surface area contributed by atoms with E-state index in [4.69, 9.17) is 14.3 Å². The molecule has 2 rings (SSSR count). The van der Waals surface area contributed by atoms with Gasteiger partial charge in [0.05, 0.1) is 19.3 Å². The number of hydrogen-bond donors (Lipinski definition) is 1. The number of carbonyl (C=O) groups is 1. The topological polar surface area (TPSA) is 56.8 Å². The number of hydroxylamine groups is 1. The van der Waals surface area contributed by atoms with Gasteiger partial charge in [-0.25, -0.2) is 0 Å². The van der Waals surface area contributed by atoms with Gasteiger partial charge in [-0.05, 0) is 31.7 Å². The van der Waals surface area contributed by atoms with Crippen molar-refractivity contribution in [3.8, 4) is 0 Å². The molecule has 122 valence electrons. The molecule has 1 fully saturated rings. The van der Waals surface area contributed by atoms with E-state index in [9.17, 15) is 4.79 Å². The summed E-state index contributed by atoms with van der Waals surface area (Å²) in [7, 11) is 0. The molecule has 5 heteroatoms. The Morgan fingerprint density at radius 3 is 2.91 bits per heavy atom. The van der Waals surface area contributed by atoms with E-state index in [1.807, 2.05) is 18.2 Å². The van der Waals surface area contributed by atoms with E-state index in [-0.39, 0.29) is 18.1 Å². The average Bonchev–Trinajstić information content (AvgIpc) is 3.01. The highest BCUT2D eigenvalue weighted by molar-refractivity contribution is 5.75. The highest BCUT2D eigenvalue weighted by Crippen LogP contribution is 2.16. The number of nitrogens with one attached hydrogen (secondary N) is 1. The zero-order chi connectivity index (χ0) is 15.6. The Hall–Kier alpha value is -1.43. The third-order valence-corrected chi connectivity index (χ3v) is 3.64. The smallest absolute Gasteiger partial charge is 0.325 e. The first-order chi connectivity index (χ1) is 10.8. The molecule has 1 N–H and O–H groups in total. The SMILES string of the molecule is CCOC(=O)C1CC(CCCOCCc2ccccc2)ON1. The Bertz CT molecular complexity index is 438. The van der Waals surface area contributed by atoms with Gasteiger partial charge in [0.15, 0.2) is 0 Å². The predicted octanol–water partition coefficient (Wildman–Crippen LogP) is 2.25. The fourth-order valence-electron chi connectivity index (χ4n) is 2.45. The van der Waals surface area contributed by atoms with Gasteiger partial charge in [-0.2, -0.15) is 5.48 Å². The van der Waals surface area contributed by atoms with Gasteiger partial charge in [-0.15, -0.1) is 0 Å². The minimum Gasteiger partial charge on any atom is -0.465 e. The Morgan fingerprint density at radius 1 is 1.32 bits per heavy atom. The summed E-state index contributed by atoms with van der Waals surface area (Å²) in [6.07, 6.45) is 3.48. The molecule has 0 aromatic heterocycles. The maximum Gasteiger partial charge on any atom is 0.325 e. The molecule has 0 radical (unpaired) electrons. The first-order valence-electron chi connectivity index (χ1n) is 7.99. The van der Waals surface area contributed by atoms with E-state index >= 15 is 0 Å². The van der Waals surface area contributed by atoms with Crippen molar-refractivity contribution >= 4 is 5.97 Å². The second-order valence-corrected chi connectivity index (χ2v) is 5.39. The van der Waals surface area contributed by atoms with Crippen molar-refractivity contribution in [1.82, 2.24) is 5.48 Å². The van der Waals surface area contributed by atoms with Crippen LogP contribution in [-0.2, 0) is 25.5 Å². The van der Waals surface area contributed by atoms with Gasteiger partial charge in [-0.3, -0.25) is 9.63 Å². The van der Waals surface area contributed by atoms with Crippen molar-refractivity contribution in [2.24, 2.45) is 0 Å². The van der Waals surface area contributed by atoms with Gasteiger partial charge < -0.3 is 9.47 Å². The zero-order valence-corrected chi connectivity index (χ0v) is 13.1. The normalized spacial score (nSPS) is 21.0. The number of carbonyl (C=O) groups excluding carboxylic acids is 1. The molecule has 0 bridgehead atoms. The minimum atomic E-state index is -0.330. The molecular weight excluding hydrogens is 282 g/mol. The molecule has 1 heterocycles. The maximum absolute atomic E-state index is 11.6. The second kappa shape index (κ2) is 9.56. The second-order valence-electron chi connectivity index (χ2n) is 5.39. The molecule has 2 atom stereocenters. The van der Waals surface area contributed by atoms with Crippen molar-refractivity contribution < 1.29 is 19.1 Å². The number of esters is 1. The van der Waals surface area contributed by atoms with Crippen LogP contribution in [0.15, 0.2) is 30.3 Å². The lowest BCUT2D eigenvalue weighted by atomic mass is 10.1. The molecule has 1 aliphatic rings. The van der Waals surface area contributed by atoms with Crippen molar-refractivity contribution in [3.63, 3.8) is 0 Å². The number of hydrogen-bond acceptors (Lipinski definition) is 5. The van der Waals surface area contributed by atoms with Crippen LogP contribution >= 0.6 is 0 Å². The van der Waals surface area contributed by atoms with Gasteiger partial charge in [-0.1, -0.05) is 30.3 Å². The number of ether oxygens (including phenoxy) is 2. The molecule has 0 spiro atoms. The largest absolute Gasteiger partial charge is 0.465 e. The predicted molar refractivity (Wildman–Crippen MR) is 83.2 cm³/mol. The first-order valence-corrected chi connectivity index (χ1v) is 7.99. The van der Waals surface area contributed by atoms with Crippen molar-refractivity contribution in [1.29, 1.82) is 0 Å². The monoisotopic (exact) mass is 307 g/mol. The summed E-state index contributed by atoms with van der Waals surface area (Å²) in [6, 6.07) is 9.99. The van der Waals surface area contributed by atoms with E-state index in [1.165, 1.54) is 5.56 Å². The zero-order valence-electron chi connectivity index (χ0n) is 13.1. The summed E-state index contributed by atoms with van der Waals surface area (Å²) in [6.45, 7) is 3.66. The minimum absolute atomic E-state index is 0.0622. The van der Waals surface area contributed by atoms with Crippen molar-refractivity contribution in [3.05, 3.63) is 35.9 Å².